The van der Waals surface area contributed by atoms with Gasteiger partial charge >= 0.3 is 5.97 Å². The molecule has 8 heteroatoms. The predicted octanol–water partition coefficient (Wildman–Crippen LogP) is 3.25. The van der Waals surface area contributed by atoms with Gasteiger partial charge in [-0.1, -0.05) is 30.9 Å². The fraction of sp³-hybridized carbons (Fsp3) is 0.526. The maximum atomic E-state index is 12.4. The van der Waals surface area contributed by atoms with Gasteiger partial charge in [0.25, 0.3) is 5.91 Å². The Morgan fingerprint density at radius 1 is 1.22 bits per heavy atom. The fourth-order valence-electron chi connectivity index (χ4n) is 3.08. The molecule has 146 valence electrons. The van der Waals surface area contributed by atoms with Crippen molar-refractivity contribution in [2.24, 2.45) is 0 Å². The Balaban J connectivity index is 2.07. The van der Waals surface area contributed by atoms with Gasteiger partial charge in [0, 0.05) is 0 Å². The molecule has 0 spiro atoms. The molecule has 0 radical (unpaired) electrons. The number of carbonyl (C=O) groups excluding carboxylic acids is 2. The molecule has 0 bridgehead atoms. The van der Waals surface area contributed by atoms with Gasteiger partial charge in [-0.25, -0.2) is 4.79 Å². The lowest BCUT2D eigenvalue weighted by atomic mass is 9.83. The summed E-state index contributed by atoms with van der Waals surface area (Å²) in [7, 11) is 2.86. The molecule has 1 aromatic carbocycles. The first kappa shape index (κ1) is 20.8. The van der Waals surface area contributed by atoms with Crippen LogP contribution in [0, 0.1) is 11.3 Å². The molecule has 1 aromatic rings. The number of nitrogens with one attached hydrogen (secondary N) is 1. The minimum absolute atomic E-state index is 0.130. The summed E-state index contributed by atoms with van der Waals surface area (Å²) >= 11 is 6.09. The highest BCUT2D eigenvalue weighted by Crippen LogP contribution is 2.36. The van der Waals surface area contributed by atoms with Gasteiger partial charge in [0.05, 0.1) is 30.9 Å². The molecule has 27 heavy (non-hydrogen) atoms. The molecule has 7 nitrogen and oxygen atoms in total. The topological polar surface area (TPSA) is 97.6 Å². The highest BCUT2D eigenvalue weighted by atomic mass is 35.5. The van der Waals surface area contributed by atoms with Gasteiger partial charge in [0.1, 0.15) is 5.54 Å². The van der Waals surface area contributed by atoms with Gasteiger partial charge in [-0.05, 0) is 31.9 Å². The molecule has 1 amide bonds. The van der Waals surface area contributed by atoms with Crippen molar-refractivity contribution in [2.45, 2.75) is 50.7 Å². The summed E-state index contributed by atoms with van der Waals surface area (Å²) in [4.78, 5) is 24.8. The van der Waals surface area contributed by atoms with E-state index in [0.717, 1.165) is 19.3 Å². The zero-order valence-electron chi connectivity index (χ0n) is 15.6. The van der Waals surface area contributed by atoms with E-state index < -0.39 is 23.5 Å². The van der Waals surface area contributed by atoms with Gasteiger partial charge < -0.3 is 19.5 Å². The van der Waals surface area contributed by atoms with Crippen molar-refractivity contribution in [3.63, 3.8) is 0 Å². The molecular formula is C19H23ClN2O5. The van der Waals surface area contributed by atoms with E-state index in [0.29, 0.717) is 18.6 Å². The first-order valence-electron chi connectivity index (χ1n) is 8.71. The van der Waals surface area contributed by atoms with E-state index in [9.17, 15) is 14.9 Å². The van der Waals surface area contributed by atoms with E-state index in [1.807, 2.05) is 0 Å². The molecular weight excluding hydrogens is 372 g/mol. The Hall–Kier alpha value is -2.46. The molecule has 0 heterocycles. The van der Waals surface area contributed by atoms with E-state index in [1.54, 1.807) is 0 Å². The van der Waals surface area contributed by atoms with E-state index in [1.165, 1.54) is 33.3 Å². The zero-order valence-corrected chi connectivity index (χ0v) is 16.4. The van der Waals surface area contributed by atoms with Crippen LogP contribution in [0.25, 0.3) is 0 Å². The minimum atomic E-state index is -1.06. The molecule has 1 N–H and O–H groups in total. The quantitative estimate of drug-likeness (QED) is 0.744. The minimum Gasteiger partial charge on any atom is -0.493 e. The average Bonchev–Trinajstić information content (AvgIpc) is 2.67. The van der Waals surface area contributed by atoms with Crippen LogP contribution in [-0.4, -0.2) is 37.7 Å². The van der Waals surface area contributed by atoms with E-state index in [2.05, 4.69) is 11.4 Å². The van der Waals surface area contributed by atoms with Gasteiger partial charge in [-0.15, -0.1) is 0 Å². The second-order valence-corrected chi connectivity index (χ2v) is 6.89. The lowest BCUT2D eigenvalue weighted by molar-refractivity contribution is -0.130. The Labute approximate surface area is 163 Å². The molecule has 0 aliphatic heterocycles. The van der Waals surface area contributed by atoms with Crippen molar-refractivity contribution < 1.29 is 23.8 Å². The van der Waals surface area contributed by atoms with Crippen molar-refractivity contribution in [1.29, 1.82) is 5.26 Å². The Kier molecular flexibility index (Phi) is 6.92. The summed E-state index contributed by atoms with van der Waals surface area (Å²) in [5.74, 6) is -0.650. The molecule has 0 saturated heterocycles. The SMILES string of the molecule is COc1cc(C(=O)O[C@@H](C)C(=O)NC2(C#N)CCCCC2)cc(Cl)c1OC. The summed E-state index contributed by atoms with van der Waals surface area (Å²) in [6, 6.07) is 5.01. The molecule has 0 aromatic heterocycles. The highest BCUT2D eigenvalue weighted by Gasteiger charge is 2.35. The number of hydrogen-bond donors (Lipinski definition) is 1. The fourth-order valence-corrected chi connectivity index (χ4v) is 3.36. The normalized spacial score (nSPS) is 16.6. The summed E-state index contributed by atoms with van der Waals surface area (Å²) in [6.45, 7) is 1.46. The molecule has 1 atom stereocenters. The third kappa shape index (κ3) is 4.83. The maximum absolute atomic E-state index is 12.4. The third-order valence-electron chi connectivity index (χ3n) is 4.61. The van der Waals surface area contributed by atoms with Crippen LogP contribution in [-0.2, 0) is 9.53 Å². The van der Waals surface area contributed by atoms with Crippen LogP contribution in [0.5, 0.6) is 11.5 Å². The number of nitriles is 1. The molecule has 1 saturated carbocycles. The molecule has 1 aliphatic carbocycles. The largest absolute Gasteiger partial charge is 0.493 e. The summed E-state index contributed by atoms with van der Waals surface area (Å²) < 4.78 is 15.5. The van der Waals surface area contributed by atoms with Crippen molar-refractivity contribution in [2.75, 3.05) is 14.2 Å². The van der Waals surface area contributed by atoms with Gasteiger partial charge in [-0.3, -0.25) is 4.79 Å². The molecule has 2 rings (SSSR count). The molecule has 0 unspecified atom stereocenters. The number of carbonyl (C=O) groups is 2. The maximum Gasteiger partial charge on any atom is 0.339 e. The zero-order chi connectivity index (χ0) is 20.0. The van der Waals surface area contributed by atoms with Gasteiger partial charge in [0.2, 0.25) is 0 Å². The average molecular weight is 395 g/mol. The van der Waals surface area contributed by atoms with Crippen LogP contribution in [0.1, 0.15) is 49.4 Å². The van der Waals surface area contributed by atoms with E-state index >= 15 is 0 Å². The van der Waals surface area contributed by atoms with Crippen LogP contribution in [0.4, 0.5) is 0 Å². The van der Waals surface area contributed by atoms with Crippen LogP contribution in [0.3, 0.4) is 0 Å². The van der Waals surface area contributed by atoms with Crippen molar-refractivity contribution in [3.05, 3.63) is 22.7 Å². The number of rotatable bonds is 6. The first-order chi connectivity index (χ1) is 12.9. The monoisotopic (exact) mass is 394 g/mol. The summed E-state index contributed by atoms with van der Waals surface area (Å²) in [5, 5.41) is 12.4. The molecule has 1 aliphatic rings. The predicted molar refractivity (Wildman–Crippen MR) is 99.0 cm³/mol. The van der Waals surface area contributed by atoms with Crippen LogP contribution in [0.2, 0.25) is 5.02 Å². The number of amides is 1. The lowest BCUT2D eigenvalue weighted by Crippen LogP contribution is -2.52. The number of esters is 1. The van der Waals surface area contributed by atoms with Crippen molar-refractivity contribution >= 4 is 23.5 Å². The van der Waals surface area contributed by atoms with Crippen LogP contribution in [0.15, 0.2) is 12.1 Å². The smallest absolute Gasteiger partial charge is 0.339 e. The standard InChI is InChI=1S/C19H23ClN2O5/c1-12(17(23)22-19(11-21)7-5-4-6-8-19)27-18(24)13-9-14(20)16(26-3)15(10-13)25-2/h9-10,12H,4-8H2,1-3H3,(H,22,23)/t12-/m0/s1. The Bertz CT molecular complexity index is 753. The number of halogens is 1. The first-order valence-corrected chi connectivity index (χ1v) is 9.09. The van der Waals surface area contributed by atoms with E-state index in [4.69, 9.17) is 25.8 Å². The Morgan fingerprint density at radius 3 is 2.44 bits per heavy atom. The summed E-state index contributed by atoms with van der Waals surface area (Å²) in [5.41, 5.74) is -0.757. The van der Waals surface area contributed by atoms with Crippen molar-refractivity contribution in [1.82, 2.24) is 5.32 Å². The van der Waals surface area contributed by atoms with Gasteiger partial charge in [-0.2, -0.15) is 5.26 Å². The number of hydrogen-bond acceptors (Lipinski definition) is 6. The molecule has 1 fully saturated rings. The lowest BCUT2D eigenvalue weighted by Gasteiger charge is -2.32. The van der Waals surface area contributed by atoms with Gasteiger partial charge in [0.15, 0.2) is 17.6 Å². The van der Waals surface area contributed by atoms with E-state index in [-0.39, 0.29) is 16.3 Å². The second-order valence-electron chi connectivity index (χ2n) is 6.48. The second kappa shape index (κ2) is 8.96. The number of ether oxygens (including phenoxy) is 3. The Morgan fingerprint density at radius 2 is 1.89 bits per heavy atom. The number of nitrogens with zero attached hydrogens (tertiary/aromatic N) is 1. The highest BCUT2D eigenvalue weighted by molar-refractivity contribution is 6.32. The third-order valence-corrected chi connectivity index (χ3v) is 4.89. The number of benzene rings is 1. The van der Waals surface area contributed by atoms with Crippen LogP contribution < -0.4 is 14.8 Å². The number of methoxy groups -OCH3 is 2. The van der Waals surface area contributed by atoms with Crippen LogP contribution >= 0.6 is 11.6 Å². The van der Waals surface area contributed by atoms with Crippen molar-refractivity contribution in [3.8, 4) is 17.6 Å². The summed E-state index contributed by atoms with van der Waals surface area (Å²) in [6.07, 6.45) is 2.95.